The van der Waals surface area contributed by atoms with Gasteiger partial charge in [0, 0.05) is 16.7 Å². The summed E-state index contributed by atoms with van der Waals surface area (Å²) in [5, 5.41) is 3.54. The van der Waals surface area contributed by atoms with Gasteiger partial charge in [-0.1, -0.05) is 6.07 Å². The lowest BCUT2D eigenvalue weighted by atomic mass is 10.1. The fourth-order valence-corrected chi connectivity index (χ4v) is 2.45. The van der Waals surface area contributed by atoms with Gasteiger partial charge >= 0.3 is 6.18 Å². The van der Waals surface area contributed by atoms with Crippen LogP contribution in [0.5, 0.6) is 0 Å². The molecule has 0 aliphatic heterocycles. The second kappa shape index (κ2) is 5.57. The highest BCUT2D eigenvalue weighted by Crippen LogP contribution is 2.29. The van der Waals surface area contributed by atoms with Gasteiger partial charge in [0.2, 0.25) is 0 Å². The topological polar surface area (TPSA) is 43.8 Å². The molecule has 20 heavy (non-hydrogen) atoms. The Kier molecular flexibility index (Phi) is 4.19. The molecule has 0 saturated carbocycles. The van der Waals surface area contributed by atoms with Crippen molar-refractivity contribution in [2.45, 2.75) is 25.6 Å². The highest BCUT2D eigenvalue weighted by Gasteiger charge is 2.33. The number of nitrogens with two attached hydrogens (primary N) is 1. The van der Waals surface area contributed by atoms with Gasteiger partial charge in [0.15, 0.2) is 5.69 Å². The maximum atomic E-state index is 12.5. The van der Waals surface area contributed by atoms with E-state index in [1.54, 1.807) is 6.07 Å². The number of hydrogen-bond donors (Lipinski definition) is 1. The predicted molar refractivity (Wildman–Crippen MR) is 73.6 cm³/mol. The molecule has 2 aromatic rings. The number of nitrogens with zero attached hydrogens (tertiary/aromatic N) is 2. The van der Waals surface area contributed by atoms with E-state index < -0.39 is 11.9 Å². The van der Waals surface area contributed by atoms with E-state index in [1.165, 1.54) is 10.9 Å². The molecule has 0 fully saturated rings. The third-order valence-corrected chi connectivity index (χ3v) is 3.33. The van der Waals surface area contributed by atoms with E-state index >= 15 is 0 Å². The Labute approximate surface area is 122 Å². The minimum atomic E-state index is -4.44. The van der Waals surface area contributed by atoms with Crippen molar-refractivity contribution < 1.29 is 13.2 Å². The summed E-state index contributed by atoms with van der Waals surface area (Å²) in [4.78, 5) is 0. The van der Waals surface area contributed by atoms with Crippen LogP contribution in [0.25, 0.3) is 5.69 Å². The summed E-state index contributed by atoms with van der Waals surface area (Å²) < 4.78 is 39.4. The first kappa shape index (κ1) is 15.1. The van der Waals surface area contributed by atoms with Gasteiger partial charge in [-0.05, 0) is 53.0 Å². The molecule has 0 spiro atoms. The maximum Gasteiger partial charge on any atom is 0.435 e. The Hall–Kier alpha value is -1.34. The summed E-state index contributed by atoms with van der Waals surface area (Å²) in [6.07, 6.45) is -2.45. The van der Waals surface area contributed by atoms with E-state index in [9.17, 15) is 13.2 Å². The average Bonchev–Trinajstić information content (AvgIpc) is 2.77. The number of benzene rings is 1. The zero-order valence-electron chi connectivity index (χ0n) is 10.7. The van der Waals surface area contributed by atoms with Gasteiger partial charge in [0.25, 0.3) is 0 Å². The largest absolute Gasteiger partial charge is 0.435 e. The third-order valence-electron chi connectivity index (χ3n) is 2.70. The van der Waals surface area contributed by atoms with Crippen LogP contribution in [-0.4, -0.2) is 15.8 Å². The van der Waals surface area contributed by atoms with Gasteiger partial charge in [0.1, 0.15) is 0 Å². The number of hydrogen-bond acceptors (Lipinski definition) is 2. The standard InChI is InChI=1S/C13H13BrF3N3/c1-8(18)6-9-2-3-11(10(14)7-9)20-5-4-12(19-20)13(15,16)17/h2-5,7-8H,6,18H2,1H3. The van der Waals surface area contributed by atoms with Crippen LogP contribution in [0.4, 0.5) is 13.2 Å². The first-order valence-electron chi connectivity index (χ1n) is 5.94. The lowest BCUT2D eigenvalue weighted by Gasteiger charge is -2.09. The molecule has 1 unspecified atom stereocenters. The molecule has 7 heteroatoms. The summed E-state index contributed by atoms with van der Waals surface area (Å²) >= 11 is 3.35. The molecule has 0 aliphatic rings. The first-order valence-corrected chi connectivity index (χ1v) is 6.74. The molecule has 0 aliphatic carbocycles. The van der Waals surface area contributed by atoms with Crippen molar-refractivity contribution >= 4 is 15.9 Å². The van der Waals surface area contributed by atoms with Crippen LogP contribution >= 0.6 is 15.9 Å². The summed E-state index contributed by atoms with van der Waals surface area (Å²) in [7, 11) is 0. The van der Waals surface area contributed by atoms with Gasteiger partial charge in [-0.25, -0.2) is 4.68 Å². The Morgan fingerprint density at radius 1 is 1.35 bits per heavy atom. The lowest BCUT2D eigenvalue weighted by molar-refractivity contribution is -0.141. The van der Waals surface area contributed by atoms with Crippen molar-refractivity contribution in [3.63, 3.8) is 0 Å². The normalized spacial score (nSPS) is 13.5. The quantitative estimate of drug-likeness (QED) is 0.922. The number of halogens is 4. The molecule has 1 atom stereocenters. The van der Waals surface area contributed by atoms with E-state index in [2.05, 4.69) is 21.0 Å². The number of rotatable bonds is 3. The van der Waals surface area contributed by atoms with Crippen molar-refractivity contribution in [1.82, 2.24) is 9.78 Å². The Balaban J connectivity index is 2.31. The van der Waals surface area contributed by atoms with Crippen LogP contribution in [0.15, 0.2) is 34.9 Å². The van der Waals surface area contributed by atoms with E-state index in [4.69, 9.17) is 5.73 Å². The van der Waals surface area contributed by atoms with Gasteiger partial charge < -0.3 is 5.73 Å². The molecule has 1 aromatic heterocycles. The molecule has 0 amide bonds. The summed E-state index contributed by atoms with van der Waals surface area (Å²) in [6.45, 7) is 1.89. The third kappa shape index (κ3) is 3.40. The monoisotopic (exact) mass is 347 g/mol. The fraction of sp³-hybridized carbons (Fsp3) is 0.308. The van der Waals surface area contributed by atoms with E-state index in [1.807, 2.05) is 19.1 Å². The maximum absolute atomic E-state index is 12.5. The van der Waals surface area contributed by atoms with Crippen LogP contribution in [0, 0.1) is 0 Å². The molecular weight excluding hydrogens is 335 g/mol. The summed E-state index contributed by atoms with van der Waals surface area (Å²) in [5.41, 5.74) is 6.37. The van der Waals surface area contributed by atoms with Crippen LogP contribution < -0.4 is 5.73 Å². The first-order chi connectivity index (χ1) is 9.27. The highest BCUT2D eigenvalue weighted by atomic mass is 79.9. The van der Waals surface area contributed by atoms with Crippen molar-refractivity contribution in [1.29, 1.82) is 0 Å². The van der Waals surface area contributed by atoms with Gasteiger partial charge in [-0.2, -0.15) is 18.3 Å². The van der Waals surface area contributed by atoms with Crippen molar-refractivity contribution in [2.24, 2.45) is 5.73 Å². The molecule has 108 valence electrons. The van der Waals surface area contributed by atoms with Crippen LogP contribution in [0.3, 0.4) is 0 Å². The molecule has 0 saturated heterocycles. The van der Waals surface area contributed by atoms with E-state index in [0.717, 1.165) is 11.6 Å². The molecule has 1 heterocycles. The Morgan fingerprint density at radius 2 is 2.05 bits per heavy atom. The van der Waals surface area contributed by atoms with Crippen LogP contribution in [0.2, 0.25) is 0 Å². The van der Waals surface area contributed by atoms with Crippen molar-refractivity contribution in [3.8, 4) is 5.69 Å². The van der Waals surface area contributed by atoms with Gasteiger partial charge in [-0.15, -0.1) is 0 Å². The Morgan fingerprint density at radius 3 is 2.55 bits per heavy atom. The zero-order chi connectivity index (χ0) is 14.9. The predicted octanol–water partition coefficient (Wildman–Crippen LogP) is 3.54. The van der Waals surface area contributed by atoms with Gasteiger partial charge in [-0.3, -0.25) is 0 Å². The fourth-order valence-electron chi connectivity index (χ4n) is 1.84. The molecule has 1 aromatic carbocycles. The van der Waals surface area contributed by atoms with Crippen LogP contribution in [0.1, 0.15) is 18.2 Å². The SMILES string of the molecule is CC(N)Cc1ccc(-n2ccc(C(F)(F)F)n2)c(Br)c1. The number of aromatic nitrogens is 2. The summed E-state index contributed by atoms with van der Waals surface area (Å²) in [5.74, 6) is 0. The molecule has 0 radical (unpaired) electrons. The Bertz CT molecular complexity index is 605. The number of alkyl halides is 3. The van der Waals surface area contributed by atoms with E-state index in [0.29, 0.717) is 16.6 Å². The molecule has 2 rings (SSSR count). The van der Waals surface area contributed by atoms with Crippen molar-refractivity contribution in [3.05, 3.63) is 46.2 Å². The smallest absolute Gasteiger partial charge is 0.328 e. The van der Waals surface area contributed by atoms with Crippen molar-refractivity contribution in [2.75, 3.05) is 0 Å². The molecular formula is C13H13BrF3N3. The van der Waals surface area contributed by atoms with E-state index in [-0.39, 0.29) is 6.04 Å². The molecule has 3 nitrogen and oxygen atoms in total. The highest BCUT2D eigenvalue weighted by molar-refractivity contribution is 9.10. The van der Waals surface area contributed by atoms with Crippen LogP contribution in [-0.2, 0) is 12.6 Å². The second-order valence-electron chi connectivity index (χ2n) is 4.61. The molecule has 0 bridgehead atoms. The summed E-state index contributed by atoms with van der Waals surface area (Å²) in [6, 6.07) is 6.36. The molecule has 2 N–H and O–H groups in total. The minimum Gasteiger partial charge on any atom is -0.328 e. The second-order valence-corrected chi connectivity index (χ2v) is 5.46. The van der Waals surface area contributed by atoms with Gasteiger partial charge in [0.05, 0.1) is 5.69 Å². The minimum absolute atomic E-state index is 0.0225. The zero-order valence-corrected chi connectivity index (χ0v) is 12.2. The lowest BCUT2D eigenvalue weighted by Crippen LogP contribution is -2.17. The average molecular weight is 348 g/mol.